The molecule has 0 aromatic heterocycles. The van der Waals surface area contributed by atoms with Gasteiger partial charge in [-0.25, -0.2) is 9.18 Å². The van der Waals surface area contributed by atoms with Crippen LogP contribution >= 0.6 is 0 Å². The number of imide groups is 1. The van der Waals surface area contributed by atoms with Gasteiger partial charge in [0.25, 0.3) is 5.91 Å². The highest BCUT2D eigenvalue weighted by Gasteiger charge is 2.45. The van der Waals surface area contributed by atoms with Crippen molar-refractivity contribution in [2.24, 2.45) is 0 Å². The largest absolute Gasteiger partial charge is 0.467 e. The summed E-state index contributed by atoms with van der Waals surface area (Å²) in [6.45, 7) is 8.86. The maximum atomic E-state index is 14.3. The van der Waals surface area contributed by atoms with E-state index in [1.165, 1.54) is 19.1 Å². The topological polar surface area (TPSA) is 76.7 Å². The third-order valence-electron chi connectivity index (χ3n) is 3.83. The minimum Gasteiger partial charge on any atom is -0.467 e. The highest BCUT2D eigenvalue weighted by molar-refractivity contribution is 6.76. The van der Waals surface area contributed by atoms with E-state index < -0.39 is 31.4 Å². The van der Waals surface area contributed by atoms with Crippen LogP contribution in [0.25, 0.3) is 0 Å². The van der Waals surface area contributed by atoms with Crippen molar-refractivity contribution >= 4 is 20.0 Å². The Bertz CT molecular complexity index is 647. The fourth-order valence-corrected chi connectivity index (χ4v) is 3.03. The molecule has 0 saturated carbocycles. The highest BCUT2D eigenvalue weighted by Crippen LogP contribution is 2.29. The Balaban J connectivity index is 1.95. The number of amides is 3. The molecule has 1 unspecified atom stereocenters. The molecule has 1 heterocycles. The number of nitrogens with one attached hydrogen (secondary N) is 2. The average Bonchev–Trinajstić information content (AvgIpc) is 2.71. The molecular formula is C16H23FN2O4Si. The van der Waals surface area contributed by atoms with Crippen molar-refractivity contribution in [3.05, 3.63) is 29.6 Å². The molecule has 2 rings (SSSR count). The Labute approximate surface area is 141 Å². The van der Waals surface area contributed by atoms with E-state index in [2.05, 4.69) is 30.3 Å². The van der Waals surface area contributed by atoms with Crippen LogP contribution in [0.3, 0.4) is 0 Å². The standard InChI is InChI=1S/C16H23FN2O4Si/c1-16(14(20)18-15(21)19-16)12-6-5-11(9-13(12)17)23-10-22-7-8-24(2,3)4/h5-6,9H,7-8,10H2,1-4H3,(H2,18,19,20,21). The second kappa shape index (κ2) is 6.90. The number of benzene rings is 1. The van der Waals surface area contributed by atoms with Gasteiger partial charge in [-0.15, -0.1) is 0 Å². The Kier molecular flexibility index (Phi) is 5.29. The molecule has 2 N–H and O–H groups in total. The van der Waals surface area contributed by atoms with Crippen LogP contribution in [0, 0.1) is 5.82 Å². The van der Waals surface area contributed by atoms with E-state index >= 15 is 0 Å². The smallest absolute Gasteiger partial charge is 0.322 e. The van der Waals surface area contributed by atoms with Gasteiger partial charge < -0.3 is 14.8 Å². The molecule has 1 aromatic carbocycles. The number of carbonyl (C=O) groups excluding carboxylic acids is 2. The van der Waals surface area contributed by atoms with Gasteiger partial charge >= 0.3 is 6.03 Å². The molecule has 8 heteroatoms. The molecule has 1 aromatic rings. The maximum Gasteiger partial charge on any atom is 0.322 e. The summed E-state index contributed by atoms with van der Waals surface area (Å²) < 4.78 is 25.1. The lowest BCUT2D eigenvalue weighted by Gasteiger charge is -2.22. The lowest BCUT2D eigenvalue weighted by atomic mass is 9.92. The molecule has 1 aliphatic heterocycles. The number of hydrogen-bond donors (Lipinski definition) is 2. The van der Waals surface area contributed by atoms with Gasteiger partial charge in [-0.3, -0.25) is 10.1 Å². The van der Waals surface area contributed by atoms with Crippen LogP contribution in [0.15, 0.2) is 18.2 Å². The predicted molar refractivity (Wildman–Crippen MR) is 90.0 cm³/mol. The van der Waals surface area contributed by atoms with Crippen molar-refractivity contribution < 1.29 is 23.5 Å². The van der Waals surface area contributed by atoms with Crippen molar-refractivity contribution in [2.75, 3.05) is 13.4 Å². The molecule has 132 valence electrons. The Morgan fingerprint density at radius 3 is 2.50 bits per heavy atom. The zero-order valence-electron chi connectivity index (χ0n) is 14.4. The maximum absolute atomic E-state index is 14.3. The van der Waals surface area contributed by atoms with Crippen LogP contribution in [0.2, 0.25) is 25.7 Å². The van der Waals surface area contributed by atoms with Gasteiger partial charge in [0.1, 0.15) is 17.1 Å². The Morgan fingerprint density at radius 2 is 1.96 bits per heavy atom. The molecule has 0 bridgehead atoms. The fourth-order valence-electron chi connectivity index (χ4n) is 2.27. The van der Waals surface area contributed by atoms with Crippen LogP contribution in [0.4, 0.5) is 9.18 Å². The number of hydrogen-bond acceptors (Lipinski definition) is 4. The van der Waals surface area contributed by atoms with Gasteiger partial charge in [-0.05, 0) is 25.1 Å². The summed E-state index contributed by atoms with van der Waals surface area (Å²) in [6.07, 6.45) is 0. The summed E-state index contributed by atoms with van der Waals surface area (Å²) in [5, 5.41) is 4.53. The molecule has 0 radical (unpaired) electrons. The molecule has 3 amide bonds. The number of carbonyl (C=O) groups is 2. The molecule has 0 aliphatic carbocycles. The Hall–Kier alpha value is -1.93. The first kappa shape index (κ1) is 18.4. The quantitative estimate of drug-likeness (QED) is 0.341. The molecule has 1 aliphatic rings. The first-order valence-corrected chi connectivity index (χ1v) is 11.5. The van der Waals surface area contributed by atoms with Crippen LogP contribution in [-0.2, 0) is 15.1 Å². The lowest BCUT2D eigenvalue weighted by Crippen LogP contribution is -2.41. The van der Waals surface area contributed by atoms with E-state index in [4.69, 9.17) is 9.47 Å². The van der Waals surface area contributed by atoms with Crippen molar-refractivity contribution in [1.82, 2.24) is 10.6 Å². The van der Waals surface area contributed by atoms with Crippen molar-refractivity contribution in [1.29, 1.82) is 0 Å². The molecule has 1 atom stereocenters. The molecule has 6 nitrogen and oxygen atoms in total. The summed E-state index contributed by atoms with van der Waals surface area (Å²) in [5.41, 5.74) is -1.34. The number of urea groups is 1. The van der Waals surface area contributed by atoms with Crippen molar-refractivity contribution in [3.8, 4) is 5.75 Å². The van der Waals surface area contributed by atoms with Gasteiger partial charge in [0.2, 0.25) is 0 Å². The van der Waals surface area contributed by atoms with Gasteiger partial charge in [0, 0.05) is 26.3 Å². The van der Waals surface area contributed by atoms with Crippen LogP contribution in [0.5, 0.6) is 5.75 Å². The van der Waals surface area contributed by atoms with Gasteiger partial charge in [0.05, 0.1) is 0 Å². The summed E-state index contributed by atoms with van der Waals surface area (Å²) in [4.78, 5) is 23.2. The van der Waals surface area contributed by atoms with E-state index in [1.807, 2.05) is 0 Å². The SMILES string of the molecule is CC1(c2ccc(OCOCC[Si](C)(C)C)cc2F)NC(=O)NC1=O. The first-order valence-electron chi connectivity index (χ1n) is 7.76. The predicted octanol–water partition coefficient (Wildman–Crippen LogP) is 2.57. The fraction of sp³-hybridized carbons (Fsp3) is 0.500. The summed E-state index contributed by atoms with van der Waals surface area (Å²) in [7, 11) is -1.15. The molecule has 0 spiro atoms. The third-order valence-corrected chi connectivity index (χ3v) is 5.53. The third kappa shape index (κ3) is 4.33. The summed E-state index contributed by atoms with van der Waals surface area (Å²) in [6, 6.07) is 4.54. The number of rotatable bonds is 7. The van der Waals surface area contributed by atoms with Crippen LogP contribution in [0.1, 0.15) is 12.5 Å². The van der Waals surface area contributed by atoms with E-state index in [9.17, 15) is 14.0 Å². The van der Waals surface area contributed by atoms with Gasteiger partial charge in [-0.1, -0.05) is 19.6 Å². The van der Waals surface area contributed by atoms with Crippen LogP contribution in [-0.4, -0.2) is 33.4 Å². The molecule has 1 saturated heterocycles. The zero-order chi connectivity index (χ0) is 18.0. The highest BCUT2D eigenvalue weighted by atomic mass is 28.3. The normalized spacial score (nSPS) is 20.7. The second-order valence-electron chi connectivity index (χ2n) is 7.16. The van der Waals surface area contributed by atoms with E-state index in [1.54, 1.807) is 6.07 Å². The summed E-state index contributed by atoms with van der Waals surface area (Å²) >= 11 is 0. The van der Waals surface area contributed by atoms with Gasteiger partial charge in [-0.2, -0.15) is 0 Å². The molecular weight excluding hydrogens is 331 g/mol. The number of halogens is 1. The minimum absolute atomic E-state index is 0.0394. The van der Waals surface area contributed by atoms with E-state index in [0.717, 1.165) is 6.04 Å². The average molecular weight is 354 g/mol. The first-order chi connectivity index (χ1) is 11.1. The Morgan fingerprint density at radius 1 is 1.25 bits per heavy atom. The molecule has 24 heavy (non-hydrogen) atoms. The monoisotopic (exact) mass is 354 g/mol. The molecule has 1 fully saturated rings. The number of ether oxygens (including phenoxy) is 2. The minimum atomic E-state index is -1.42. The van der Waals surface area contributed by atoms with Gasteiger partial charge in [0.15, 0.2) is 6.79 Å². The van der Waals surface area contributed by atoms with Crippen LogP contribution < -0.4 is 15.4 Å². The van der Waals surface area contributed by atoms with E-state index in [0.29, 0.717) is 12.4 Å². The van der Waals surface area contributed by atoms with Crippen molar-refractivity contribution in [3.63, 3.8) is 0 Å². The van der Waals surface area contributed by atoms with Crippen molar-refractivity contribution in [2.45, 2.75) is 38.1 Å². The zero-order valence-corrected chi connectivity index (χ0v) is 15.4. The second-order valence-corrected chi connectivity index (χ2v) is 12.8. The lowest BCUT2D eigenvalue weighted by molar-refractivity contribution is -0.123. The summed E-state index contributed by atoms with van der Waals surface area (Å²) in [5.74, 6) is -0.915. The van der Waals surface area contributed by atoms with E-state index in [-0.39, 0.29) is 12.4 Å².